The fraction of sp³-hybridized carbons (Fsp3) is 0.212. The Kier molecular flexibility index (Phi) is 10.7. The molecule has 1 aliphatic rings. The Bertz CT molecular complexity index is 1690. The van der Waals surface area contributed by atoms with Gasteiger partial charge in [0, 0.05) is 57.2 Å². The van der Waals surface area contributed by atoms with E-state index in [-0.39, 0.29) is 36.1 Å². The van der Waals surface area contributed by atoms with E-state index in [0.29, 0.717) is 34.9 Å². The Labute approximate surface area is 277 Å². The van der Waals surface area contributed by atoms with Crippen molar-refractivity contribution in [2.24, 2.45) is 4.99 Å². The molecule has 234 valence electrons. The number of benzene rings is 4. The van der Waals surface area contributed by atoms with Crippen molar-refractivity contribution >= 4 is 50.9 Å². The number of aliphatic hydroxyl groups is 1. The Morgan fingerprint density at radius 1 is 1.02 bits per heavy atom. The van der Waals surface area contributed by atoms with Crippen LogP contribution in [0.1, 0.15) is 34.8 Å². The molecule has 4 aromatic carbocycles. The van der Waals surface area contributed by atoms with Crippen molar-refractivity contribution in [1.29, 1.82) is 0 Å². The average Bonchev–Trinajstić information content (AvgIpc) is 3.40. The number of aliphatic imine (C=N–C) groups is 1. The molecule has 1 aliphatic heterocycles. The van der Waals surface area contributed by atoms with Crippen LogP contribution in [0.15, 0.2) is 94.4 Å². The molecule has 5 rings (SSSR count). The molecular formula is C33H28BrCl2F2N3O4. The standard InChI is InChI=1S/C33H28BrCl2F2N3O4/c34-23-6-2-20(3-7-23)18-33(32(43)41-39-19-22-16-25(37)9-13-29(22)38)30(27-12-8-24(35)17-28(27)36)45-31(40-33)21-4-10-26(11-5-21)44-15-1-14-42/h2-13,16-17,30,39,42H,1,14-15,18-19H2,(H,41,43)/t30-,33-/m0/s1. The highest BCUT2D eigenvalue weighted by Crippen LogP contribution is 2.45. The van der Waals surface area contributed by atoms with Gasteiger partial charge in [-0.05, 0) is 72.3 Å². The summed E-state index contributed by atoms with van der Waals surface area (Å²) in [6.07, 6.45) is -0.416. The predicted octanol–water partition coefficient (Wildman–Crippen LogP) is 7.12. The molecule has 4 aromatic rings. The van der Waals surface area contributed by atoms with Crippen LogP contribution in [0.3, 0.4) is 0 Å². The van der Waals surface area contributed by atoms with Crippen LogP contribution in [0, 0.1) is 11.6 Å². The summed E-state index contributed by atoms with van der Waals surface area (Å²) in [5.74, 6) is -1.03. The minimum Gasteiger partial charge on any atom is -0.494 e. The number of nitrogens with one attached hydrogen (secondary N) is 2. The maximum Gasteiger partial charge on any atom is 0.266 e. The summed E-state index contributed by atoms with van der Waals surface area (Å²) in [5, 5.41) is 9.71. The van der Waals surface area contributed by atoms with Crippen LogP contribution in [-0.2, 0) is 22.5 Å². The van der Waals surface area contributed by atoms with Crippen molar-refractivity contribution in [2.45, 2.75) is 31.0 Å². The van der Waals surface area contributed by atoms with Crippen molar-refractivity contribution in [3.63, 3.8) is 0 Å². The van der Waals surface area contributed by atoms with Gasteiger partial charge in [-0.3, -0.25) is 10.2 Å². The van der Waals surface area contributed by atoms with E-state index >= 15 is 0 Å². The van der Waals surface area contributed by atoms with Crippen molar-refractivity contribution in [3.8, 4) is 5.75 Å². The molecular weight excluding hydrogens is 691 g/mol. The second-order valence-electron chi connectivity index (χ2n) is 10.3. The van der Waals surface area contributed by atoms with Crippen LogP contribution in [0.5, 0.6) is 5.75 Å². The zero-order valence-electron chi connectivity index (χ0n) is 23.7. The monoisotopic (exact) mass is 717 g/mol. The van der Waals surface area contributed by atoms with E-state index in [1.54, 1.807) is 42.5 Å². The van der Waals surface area contributed by atoms with Crippen molar-refractivity contribution in [1.82, 2.24) is 10.9 Å². The van der Waals surface area contributed by atoms with Gasteiger partial charge in [-0.1, -0.05) is 57.3 Å². The summed E-state index contributed by atoms with van der Waals surface area (Å²) in [6, 6.07) is 22.4. The lowest BCUT2D eigenvalue weighted by atomic mass is 9.82. The predicted molar refractivity (Wildman–Crippen MR) is 172 cm³/mol. The molecule has 2 atom stereocenters. The van der Waals surface area contributed by atoms with Gasteiger partial charge in [0.1, 0.15) is 17.4 Å². The number of carbonyl (C=O) groups is 1. The molecule has 12 heteroatoms. The molecule has 0 fully saturated rings. The first-order chi connectivity index (χ1) is 21.7. The Morgan fingerprint density at radius 3 is 2.49 bits per heavy atom. The third-order valence-corrected chi connectivity index (χ3v) is 8.24. The van der Waals surface area contributed by atoms with Crippen LogP contribution in [0.25, 0.3) is 0 Å². The number of aliphatic hydroxyl groups excluding tert-OH is 1. The second kappa shape index (κ2) is 14.7. The van der Waals surface area contributed by atoms with Gasteiger partial charge in [0.05, 0.1) is 6.61 Å². The molecule has 7 nitrogen and oxygen atoms in total. The lowest BCUT2D eigenvalue weighted by Crippen LogP contribution is -2.53. The topological polar surface area (TPSA) is 92.2 Å². The largest absolute Gasteiger partial charge is 0.494 e. The summed E-state index contributed by atoms with van der Waals surface area (Å²) in [7, 11) is 0. The van der Waals surface area contributed by atoms with Gasteiger partial charge in [0.15, 0.2) is 11.6 Å². The van der Waals surface area contributed by atoms with Crippen LogP contribution in [-0.4, -0.2) is 35.7 Å². The number of amides is 1. The normalized spacial score (nSPS) is 17.5. The highest BCUT2D eigenvalue weighted by atomic mass is 79.9. The van der Waals surface area contributed by atoms with Crippen molar-refractivity contribution in [3.05, 3.63) is 133 Å². The van der Waals surface area contributed by atoms with E-state index in [1.165, 1.54) is 0 Å². The number of halogens is 5. The Balaban J connectivity index is 1.54. The van der Waals surface area contributed by atoms with Crippen LogP contribution in [0.2, 0.25) is 10.0 Å². The van der Waals surface area contributed by atoms with Crippen LogP contribution >= 0.6 is 39.1 Å². The zero-order valence-corrected chi connectivity index (χ0v) is 26.8. The molecule has 0 aliphatic carbocycles. The highest BCUT2D eigenvalue weighted by Gasteiger charge is 2.54. The molecule has 0 aromatic heterocycles. The number of rotatable bonds is 12. The molecule has 45 heavy (non-hydrogen) atoms. The number of hydrogen-bond acceptors (Lipinski definition) is 6. The molecule has 0 radical (unpaired) electrons. The van der Waals surface area contributed by atoms with Gasteiger partial charge in [-0.25, -0.2) is 19.2 Å². The lowest BCUT2D eigenvalue weighted by molar-refractivity contribution is -0.130. The third-order valence-electron chi connectivity index (χ3n) is 7.15. The summed E-state index contributed by atoms with van der Waals surface area (Å²) >= 11 is 16.3. The number of carbonyl (C=O) groups excluding carboxylic acids is 1. The minimum atomic E-state index is -1.61. The maximum atomic E-state index is 14.3. The fourth-order valence-electron chi connectivity index (χ4n) is 4.89. The molecule has 3 N–H and O–H groups in total. The first-order valence-electron chi connectivity index (χ1n) is 14.0. The molecule has 0 bridgehead atoms. The zero-order chi connectivity index (χ0) is 32.0. The highest BCUT2D eigenvalue weighted by molar-refractivity contribution is 9.10. The minimum absolute atomic E-state index is 0.0198. The number of ether oxygens (including phenoxy) is 2. The quantitative estimate of drug-likeness (QED) is 0.107. The van der Waals surface area contributed by atoms with Gasteiger partial charge in [-0.2, -0.15) is 0 Å². The fourth-order valence-corrected chi connectivity index (χ4v) is 5.67. The first-order valence-corrected chi connectivity index (χ1v) is 15.5. The van der Waals surface area contributed by atoms with Gasteiger partial charge in [-0.15, -0.1) is 0 Å². The van der Waals surface area contributed by atoms with Gasteiger partial charge in [0.25, 0.3) is 5.91 Å². The lowest BCUT2D eigenvalue weighted by Gasteiger charge is -2.31. The van der Waals surface area contributed by atoms with Crippen molar-refractivity contribution in [2.75, 3.05) is 13.2 Å². The smallest absolute Gasteiger partial charge is 0.266 e. The SMILES string of the molecule is O=C(NNCc1cc(F)ccc1F)[C@@]1(Cc2ccc(Br)cc2)N=C(c2ccc(OCCCO)cc2)O[C@H]1c1ccc(Cl)cc1Cl. The first kappa shape index (κ1) is 32.8. The number of hydrogen-bond donors (Lipinski definition) is 3. The van der Waals surface area contributed by atoms with Crippen LogP contribution in [0.4, 0.5) is 8.78 Å². The molecule has 1 amide bonds. The second-order valence-corrected chi connectivity index (χ2v) is 12.1. The Morgan fingerprint density at radius 2 is 1.78 bits per heavy atom. The molecule has 1 heterocycles. The van der Waals surface area contributed by atoms with E-state index in [2.05, 4.69) is 26.8 Å². The van der Waals surface area contributed by atoms with Gasteiger partial charge >= 0.3 is 0 Å². The summed E-state index contributed by atoms with van der Waals surface area (Å²) in [6.45, 7) is 0.185. The summed E-state index contributed by atoms with van der Waals surface area (Å²) in [5.41, 5.74) is 5.63. The molecule has 0 saturated carbocycles. The van der Waals surface area contributed by atoms with Gasteiger partial charge < -0.3 is 14.6 Å². The van der Waals surface area contributed by atoms with E-state index in [9.17, 15) is 13.6 Å². The molecule has 0 unspecified atom stereocenters. The van der Waals surface area contributed by atoms with E-state index in [0.717, 1.165) is 28.2 Å². The van der Waals surface area contributed by atoms with E-state index in [4.69, 9.17) is 42.8 Å². The number of nitrogens with zero attached hydrogens (tertiary/aromatic N) is 1. The summed E-state index contributed by atoms with van der Waals surface area (Å²) < 4.78 is 41.0. The van der Waals surface area contributed by atoms with E-state index in [1.807, 2.05) is 24.3 Å². The Hall–Kier alpha value is -3.54. The maximum absolute atomic E-state index is 14.3. The molecule has 0 saturated heterocycles. The van der Waals surface area contributed by atoms with Crippen LogP contribution < -0.4 is 15.6 Å². The third kappa shape index (κ3) is 7.82. The summed E-state index contributed by atoms with van der Waals surface area (Å²) in [4.78, 5) is 19.2. The van der Waals surface area contributed by atoms with E-state index < -0.39 is 29.2 Å². The van der Waals surface area contributed by atoms with Crippen molar-refractivity contribution < 1.29 is 28.2 Å². The number of hydrazine groups is 1. The van der Waals surface area contributed by atoms with Gasteiger partial charge in [0.2, 0.25) is 5.90 Å². The average molecular weight is 719 g/mol. The molecule has 0 spiro atoms.